The number of rotatable bonds is 8. The summed E-state index contributed by atoms with van der Waals surface area (Å²) in [4.78, 5) is 15.1. The van der Waals surface area contributed by atoms with Crippen molar-refractivity contribution in [3.8, 4) is 0 Å². The average molecular weight is 381 g/mol. The van der Waals surface area contributed by atoms with Gasteiger partial charge in [0.25, 0.3) is 0 Å². The van der Waals surface area contributed by atoms with Gasteiger partial charge in [-0.2, -0.15) is 5.10 Å². The van der Waals surface area contributed by atoms with E-state index in [1.54, 1.807) is 6.20 Å². The number of nitrogens with one attached hydrogen (secondary N) is 1. The van der Waals surface area contributed by atoms with Gasteiger partial charge in [-0.25, -0.2) is 4.68 Å². The fourth-order valence-electron chi connectivity index (χ4n) is 4.22. The van der Waals surface area contributed by atoms with E-state index in [-0.39, 0.29) is 5.91 Å². The molecule has 0 bridgehead atoms. The first-order valence-electron chi connectivity index (χ1n) is 10.8. The Bertz CT molecular complexity index is 785. The molecule has 4 rings (SSSR count). The van der Waals surface area contributed by atoms with E-state index in [4.69, 9.17) is 0 Å². The van der Waals surface area contributed by atoms with Crippen molar-refractivity contribution >= 4 is 11.7 Å². The van der Waals surface area contributed by atoms with Gasteiger partial charge in [-0.3, -0.25) is 9.69 Å². The van der Waals surface area contributed by atoms with Crippen molar-refractivity contribution in [3.05, 3.63) is 47.7 Å². The first kappa shape index (κ1) is 19.2. The minimum absolute atomic E-state index is 0.0606. The number of anilines is 1. The number of carbonyl (C=O) groups is 1. The molecule has 1 aromatic carbocycles. The third kappa shape index (κ3) is 4.64. The van der Waals surface area contributed by atoms with Crippen LogP contribution in [0.1, 0.15) is 75.5 Å². The smallest absolute Gasteiger partial charge is 0.239 e. The third-order valence-corrected chi connectivity index (χ3v) is 6.05. The molecule has 0 spiro atoms. The summed E-state index contributed by atoms with van der Waals surface area (Å²) in [5, 5.41) is 7.57. The van der Waals surface area contributed by atoms with Gasteiger partial charge in [0, 0.05) is 18.7 Å². The Kier molecular flexibility index (Phi) is 5.81. The maximum Gasteiger partial charge on any atom is 0.239 e. The number of amides is 1. The van der Waals surface area contributed by atoms with Crippen molar-refractivity contribution in [2.45, 2.75) is 76.9 Å². The number of benzene rings is 1. The summed E-state index contributed by atoms with van der Waals surface area (Å²) < 4.78 is 2.01. The lowest BCUT2D eigenvalue weighted by atomic mass is 10.0. The zero-order chi connectivity index (χ0) is 19.5. The van der Waals surface area contributed by atoms with E-state index in [2.05, 4.69) is 53.4 Å². The summed E-state index contributed by atoms with van der Waals surface area (Å²) in [6.45, 7) is 5.70. The van der Waals surface area contributed by atoms with Crippen LogP contribution < -0.4 is 5.32 Å². The van der Waals surface area contributed by atoms with E-state index in [1.165, 1.54) is 36.8 Å². The van der Waals surface area contributed by atoms with Crippen LogP contribution in [0.4, 0.5) is 5.82 Å². The number of nitrogens with zero attached hydrogens (tertiary/aromatic N) is 3. The van der Waals surface area contributed by atoms with Gasteiger partial charge in [0.1, 0.15) is 5.82 Å². The molecule has 2 aliphatic rings. The quantitative estimate of drug-likeness (QED) is 0.721. The molecule has 0 unspecified atom stereocenters. The lowest BCUT2D eigenvalue weighted by molar-refractivity contribution is -0.117. The van der Waals surface area contributed by atoms with E-state index in [0.717, 1.165) is 25.2 Å². The fourth-order valence-corrected chi connectivity index (χ4v) is 4.22. The minimum Gasteiger partial charge on any atom is -0.310 e. The highest BCUT2D eigenvalue weighted by atomic mass is 16.2. The van der Waals surface area contributed by atoms with Crippen molar-refractivity contribution in [1.82, 2.24) is 14.7 Å². The van der Waals surface area contributed by atoms with Gasteiger partial charge in [-0.15, -0.1) is 0 Å². The fraction of sp³-hybridized carbons (Fsp3) is 0.565. The maximum atomic E-state index is 12.8. The van der Waals surface area contributed by atoms with Crippen LogP contribution in [0.3, 0.4) is 0 Å². The second-order valence-electron chi connectivity index (χ2n) is 8.68. The Morgan fingerprint density at radius 2 is 1.86 bits per heavy atom. The molecule has 28 heavy (non-hydrogen) atoms. The van der Waals surface area contributed by atoms with Crippen molar-refractivity contribution in [2.75, 3.05) is 11.9 Å². The molecule has 1 heterocycles. The summed E-state index contributed by atoms with van der Waals surface area (Å²) in [5.74, 6) is 1.45. The molecule has 1 aromatic heterocycles. The molecule has 2 aliphatic carbocycles. The largest absolute Gasteiger partial charge is 0.310 e. The molecule has 0 saturated heterocycles. The van der Waals surface area contributed by atoms with Gasteiger partial charge in [-0.1, -0.05) is 51.0 Å². The Morgan fingerprint density at radius 1 is 1.14 bits per heavy atom. The number of carbonyl (C=O) groups excluding carboxylic acids is 1. The van der Waals surface area contributed by atoms with Crippen LogP contribution in [-0.2, 0) is 11.3 Å². The molecule has 0 aliphatic heterocycles. The molecule has 2 fully saturated rings. The Hall–Kier alpha value is -2.14. The summed E-state index contributed by atoms with van der Waals surface area (Å²) in [6.07, 6.45) is 9.00. The summed E-state index contributed by atoms with van der Waals surface area (Å²) in [6, 6.07) is 11.7. The molecule has 0 atom stereocenters. The summed E-state index contributed by atoms with van der Waals surface area (Å²) >= 11 is 0. The van der Waals surface area contributed by atoms with Crippen molar-refractivity contribution in [3.63, 3.8) is 0 Å². The van der Waals surface area contributed by atoms with Crippen LogP contribution in [0.25, 0.3) is 0 Å². The Labute approximate surface area is 168 Å². The molecular weight excluding hydrogens is 348 g/mol. The lowest BCUT2D eigenvalue weighted by Gasteiger charge is -2.22. The standard InChI is InChI=1S/C23H32N4O/c1-17(2)19-9-7-18(8-10-19)15-26(20-11-12-20)16-23(28)25-22-13-14-24-27(22)21-5-3-4-6-21/h7-10,13-14,17,20-21H,3-6,11-12,15-16H2,1-2H3,(H,25,28). The van der Waals surface area contributed by atoms with Crippen LogP contribution in [0, 0.1) is 0 Å². The van der Waals surface area contributed by atoms with Crippen LogP contribution >= 0.6 is 0 Å². The number of aromatic nitrogens is 2. The summed E-state index contributed by atoms with van der Waals surface area (Å²) in [5.41, 5.74) is 2.64. The van der Waals surface area contributed by atoms with Crippen LogP contribution in [0.15, 0.2) is 36.5 Å². The Morgan fingerprint density at radius 3 is 2.50 bits per heavy atom. The van der Waals surface area contributed by atoms with Gasteiger partial charge in [0.05, 0.1) is 18.8 Å². The van der Waals surface area contributed by atoms with Gasteiger partial charge < -0.3 is 5.32 Å². The van der Waals surface area contributed by atoms with Gasteiger partial charge in [0.2, 0.25) is 5.91 Å². The summed E-state index contributed by atoms with van der Waals surface area (Å²) in [7, 11) is 0. The predicted octanol–water partition coefficient (Wildman–Crippen LogP) is 4.72. The molecule has 1 N–H and O–H groups in total. The van der Waals surface area contributed by atoms with Crippen LogP contribution in [0.5, 0.6) is 0 Å². The highest BCUT2D eigenvalue weighted by Crippen LogP contribution is 2.31. The number of hydrogen-bond donors (Lipinski definition) is 1. The van der Waals surface area contributed by atoms with E-state index in [1.807, 2.05) is 10.7 Å². The molecule has 5 nitrogen and oxygen atoms in total. The Balaban J connectivity index is 1.37. The molecule has 2 saturated carbocycles. The zero-order valence-electron chi connectivity index (χ0n) is 17.1. The topological polar surface area (TPSA) is 50.2 Å². The van der Waals surface area contributed by atoms with E-state index >= 15 is 0 Å². The monoisotopic (exact) mass is 380 g/mol. The van der Waals surface area contributed by atoms with Crippen LogP contribution in [0.2, 0.25) is 0 Å². The second-order valence-corrected chi connectivity index (χ2v) is 8.68. The number of hydrogen-bond acceptors (Lipinski definition) is 3. The minimum atomic E-state index is 0.0606. The maximum absolute atomic E-state index is 12.8. The van der Waals surface area contributed by atoms with Crippen molar-refractivity contribution < 1.29 is 4.79 Å². The van der Waals surface area contributed by atoms with E-state index < -0.39 is 0 Å². The predicted molar refractivity (Wildman–Crippen MR) is 112 cm³/mol. The molecule has 2 aromatic rings. The molecular formula is C23H32N4O. The highest BCUT2D eigenvalue weighted by molar-refractivity contribution is 5.91. The van der Waals surface area contributed by atoms with Crippen LogP contribution in [-0.4, -0.2) is 33.2 Å². The first-order chi connectivity index (χ1) is 13.6. The van der Waals surface area contributed by atoms with Crippen molar-refractivity contribution in [1.29, 1.82) is 0 Å². The average Bonchev–Trinajstić information content (AvgIpc) is 3.19. The lowest BCUT2D eigenvalue weighted by Crippen LogP contribution is -2.35. The third-order valence-electron chi connectivity index (χ3n) is 6.05. The van der Waals surface area contributed by atoms with Crippen molar-refractivity contribution in [2.24, 2.45) is 0 Å². The second kappa shape index (κ2) is 8.48. The normalized spacial score (nSPS) is 17.6. The molecule has 1 amide bonds. The van der Waals surface area contributed by atoms with Gasteiger partial charge >= 0.3 is 0 Å². The van der Waals surface area contributed by atoms with Gasteiger partial charge in [0.15, 0.2) is 0 Å². The first-order valence-corrected chi connectivity index (χ1v) is 10.8. The van der Waals surface area contributed by atoms with E-state index in [9.17, 15) is 4.79 Å². The molecule has 5 heteroatoms. The van der Waals surface area contributed by atoms with Gasteiger partial charge in [-0.05, 0) is 42.7 Å². The highest BCUT2D eigenvalue weighted by Gasteiger charge is 2.30. The zero-order valence-corrected chi connectivity index (χ0v) is 17.1. The molecule has 0 radical (unpaired) electrons. The SMILES string of the molecule is CC(C)c1ccc(CN(CC(=O)Nc2ccnn2C2CCCC2)C2CC2)cc1. The van der Waals surface area contributed by atoms with E-state index in [0.29, 0.717) is 24.5 Å². The molecule has 150 valence electrons.